The number of hydrogen-bond donors (Lipinski definition) is 0. The van der Waals surface area contributed by atoms with Gasteiger partial charge in [-0.3, -0.25) is 14.9 Å². The fourth-order valence-corrected chi connectivity index (χ4v) is 4.73. The molecule has 0 amide bonds. The Morgan fingerprint density at radius 2 is 1.79 bits per heavy atom. The molecule has 1 aromatic heterocycles. The molecule has 2 rings (SSSR count). The van der Waals surface area contributed by atoms with Crippen LogP contribution >= 0.6 is 0 Å². The number of allylic oxidation sites excluding steroid dienone is 2. The van der Waals surface area contributed by atoms with E-state index in [-0.39, 0.29) is 34.4 Å². The molecule has 186 valence electrons. The number of nitro benzene ring substituents is 1. The first kappa shape index (κ1) is 27.2. The summed E-state index contributed by atoms with van der Waals surface area (Å²) in [4.78, 5) is 25.0. The quantitative estimate of drug-likeness (QED) is 0.193. The number of rotatable bonds is 10. The van der Waals surface area contributed by atoms with Crippen LogP contribution in [0.25, 0.3) is 5.57 Å². The maximum atomic E-state index is 13.8. The molecule has 0 aliphatic rings. The van der Waals surface area contributed by atoms with Crippen LogP contribution in [-0.4, -0.2) is 34.7 Å². The highest BCUT2D eigenvalue weighted by atomic mass is 32.2. The zero-order chi connectivity index (χ0) is 26.0. The Morgan fingerprint density at radius 3 is 2.29 bits per heavy atom. The SMILES string of the molecule is CCCS(=O)(=O)Oc1c(C(=O)c2ccc([N+](=O)[O-])c(C(C)=C(C)C)c2C)c(C)nn1CC(C)C. The third-order valence-electron chi connectivity index (χ3n) is 5.52. The van der Waals surface area contributed by atoms with Crippen LogP contribution in [-0.2, 0) is 16.7 Å². The van der Waals surface area contributed by atoms with Crippen LogP contribution in [0, 0.1) is 29.9 Å². The number of aromatic nitrogens is 2. The van der Waals surface area contributed by atoms with Gasteiger partial charge in [0.2, 0.25) is 11.7 Å². The van der Waals surface area contributed by atoms with Gasteiger partial charge in [0.05, 0.1) is 21.9 Å². The highest BCUT2D eigenvalue weighted by molar-refractivity contribution is 7.87. The average molecular weight is 492 g/mol. The number of nitro groups is 1. The van der Waals surface area contributed by atoms with Gasteiger partial charge in [-0.2, -0.15) is 13.5 Å². The molecule has 9 nitrogen and oxygen atoms in total. The van der Waals surface area contributed by atoms with Crippen LogP contribution in [0.15, 0.2) is 17.7 Å². The second-order valence-corrected chi connectivity index (χ2v) is 10.7. The van der Waals surface area contributed by atoms with Crippen molar-refractivity contribution in [3.8, 4) is 5.88 Å². The summed E-state index contributed by atoms with van der Waals surface area (Å²) in [7, 11) is -3.94. The van der Waals surface area contributed by atoms with Gasteiger partial charge in [0.15, 0.2) is 0 Å². The van der Waals surface area contributed by atoms with Gasteiger partial charge in [0.25, 0.3) is 5.69 Å². The van der Waals surface area contributed by atoms with Gasteiger partial charge in [-0.05, 0) is 64.2 Å². The van der Waals surface area contributed by atoms with Crippen molar-refractivity contribution in [1.82, 2.24) is 9.78 Å². The van der Waals surface area contributed by atoms with Gasteiger partial charge in [0, 0.05) is 18.2 Å². The molecule has 0 unspecified atom stereocenters. The smallest absolute Gasteiger partial charge is 0.310 e. The van der Waals surface area contributed by atoms with Crippen molar-refractivity contribution in [2.45, 2.75) is 68.4 Å². The first-order valence-corrected chi connectivity index (χ1v) is 12.8. The van der Waals surface area contributed by atoms with Crippen LogP contribution in [0.4, 0.5) is 5.69 Å². The second kappa shape index (κ2) is 10.5. The molecule has 0 fully saturated rings. The Kier molecular flexibility index (Phi) is 8.41. The predicted octanol–water partition coefficient (Wildman–Crippen LogP) is 5.23. The predicted molar refractivity (Wildman–Crippen MR) is 132 cm³/mol. The molecule has 1 aromatic carbocycles. The highest BCUT2D eigenvalue weighted by Gasteiger charge is 2.31. The Bertz CT molecular complexity index is 1250. The zero-order valence-corrected chi connectivity index (χ0v) is 21.9. The van der Waals surface area contributed by atoms with Crippen LogP contribution in [0.5, 0.6) is 5.88 Å². The lowest BCUT2D eigenvalue weighted by Crippen LogP contribution is -2.19. The molecule has 1 heterocycles. The minimum atomic E-state index is -3.94. The number of benzene rings is 1. The molecule has 0 N–H and O–H groups in total. The molecule has 0 spiro atoms. The summed E-state index contributed by atoms with van der Waals surface area (Å²) in [6.45, 7) is 14.7. The van der Waals surface area contributed by atoms with Crippen LogP contribution in [0.2, 0.25) is 0 Å². The summed E-state index contributed by atoms with van der Waals surface area (Å²) in [5.41, 5.74) is 2.90. The normalized spacial score (nSPS) is 11.6. The second-order valence-electron chi connectivity index (χ2n) is 9.03. The van der Waals surface area contributed by atoms with E-state index >= 15 is 0 Å². The van der Waals surface area contributed by atoms with Gasteiger partial charge >= 0.3 is 10.1 Å². The van der Waals surface area contributed by atoms with E-state index in [4.69, 9.17) is 4.18 Å². The Balaban J connectivity index is 2.79. The van der Waals surface area contributed by atoms with E-state index in [1.54, 1.807) is 27.7 Å². The fourth-order valence-electron chi connectivity index (χ4n) is 3.74. The first-order valence-electron chi connectivity index (χ1n) is 11.2. The van der Waals surface area contributed by atoms with Crippen molar-refractivity contribution in [1.29, 1.82) is 0 Å². The number of carbonyl (C=O) groups is 1. The van der Waals surface area contributed by atoms with Crippen LogP contribution in [0.1, 0.15) is 80.7 Å². The van der Waals surface area contributed by atoms with Crippen molar-refractivity contribution in [2.75, 3.05) is 5.75 Å². The molecule has 2 aromatic rings. The number of nitrogens with zero attached hydrogens (tertiary/aromatic N) is 3. The van der Waals surface area contributed by atoms with Gasteiger partial charge < -0.3 is 4.18 Å². The van der Waals surface area contributed by atoms with Crippen molar-refractivity contribution < 1.29 is 22.3 Å². The maximum Gasteiger partial charge on any atom is 0.310 e. The lowest BCUT2D eigenvalue weighted by atomic mass is 9.90. The number of hydrogen-bond acceptors (Lipinski definition) is 7. The van der Waals surface area contributed by atoms with E-state index in [9.17, 15) is 23.3 Å². The molecule has 0 saturated heterocycles. The first-order chi connectivity index (χ1) is 15.7. The van der Waals surface area contributed by atoms with Crippen molar-refractivity contribution in [3.05, 3.63) is 55.8 Å². The summed E-state index contributed by atoms with van der Waals surface area (Å²) in [6.07, 6.45) is 0.357. The summed E-state index contributed by atoms with van der Waals surface area (Å²) >= 11 is 0. The molecular formula is C24H33N3O6S. The topological polar surface area (TPSA) is 121 Å². The molecule has 10 heteroatoms. The van der Waals surface area contributed by atoms with E-state index in [0.717, 1.165) is 5.57 Å². The van der Waals surface area contributed by atoms with Gasteiger partial charge in [-0.15, -0.1) is 0 Å². The monoisotopic (exact) mass is 491 g/mol. The summed E-state index contributed by atoms with van der Waals surface area (Å²) in [5, 5.41) is 16.1. The van der Waals surface area contributed by atoms with Gasteiger partial charge in [0.1, 0.15) is 5.56 Å². The number of aryl methyl sites for hydroxylation is 1. The van der Waals surface area contributed by atoms with E-state index in [1.165, 1.54) is 16.8 Å². The van der Waals surface area contributed by atoms with Crippen LogP contribution in [0.3, 0.4) is 0 Å². The van der Waals surface area contributed by atoms with Crippen LogP contribution < -0.4 is 4.18 Å². The lowest BCUT2D eigenvalue weighted by Gasteiger charge is -2.15. The molecule has 0 atom stereocenters. The van der Waals surface area contributed by atoms with Crippen molar-refractivity contribution in [2.24, 2.45) is 5.92 Å². The Hall–Kier alpha value is -3.01. The van der Waals surface area contributed by atoms with E-state index < -0.39 is 20.8 Å². The molecule has 0 radical (unpaired) electrons. The maximum absolute atomic E-state index is 13.8. The molecule has 34 heavy (non-hydrogen) atoms. The molecule has 0 aliphatic heterocycles. The summed E-state index contributed by atoms with van der Waals surface area (Å²) in [6, 6.07) is 2.71. The highest BCUT2D eigenvalue weighted by Crippen LogP contribution is 2.35. The summed E-state index contributed by atoms with van der Waals surface area (Å²) in [5.74, 6) is -0.702. The Morgan fingerprint density at radius 1 is 1.18 bits per heavy atom. The minimum absolute atomic E-state index is 0.0399. The largest absolute Gasteiger partial charge is 0.361 e. The van der Waals surface area contributed by atoms with Crippen molar-refractivity contribution in [3.63, 3.8) is 0 Å². The third kappa shape index (κ3) is 5.72. The third-order valence-corrected chi connectivity index (χ3v) is 6.84. The fraction of sp³-hybridized carbons (Fsp3) is 0.500. The van der Waals surface area contributed by atoms with E-state index in [1.807, 2.05) is 27.7 Å². The van der Waals surface area contributed by atoms with E-state index in [0.29, 0.717) is 35.4 Å². The molecule has 0 bridgehead atoms. The number of carbonyl (C=O) groups excluding carboxylic acids is 1. The van der Waals surface area contributed by atoms with E-state index in [2.05, 4.69) is 5.10 Å². The van der Waals surface area contributed by atoms with Crippen molar-refractivity contribution >= 4 is 27.2 Å². The molecule has 0 saturated carbocycles. The standard InChI is InChI=1S/C24H33N3O6S/c1-9-12-34(31,32)33-24-22(18(8)25-26(24)13-14(2)3)23(28)19-10-11-20(27(29)30)21(17(19)7)16(6)15(4)5/h10-11,14H,9,12-13H2,1-8H3. The van der Waals surface area contributed by atoms with Gasteiger partial charge in [-0.25, -0.2) is 4.68 Å². The average Bonchev–Trinajstić information content (AvgIpc) is 2.99. The number of ketones is 1. The zero-order valence-electron chi connectivity index (χ0n) is 21.1. The minimum Gasteiger partial charge on any atom is -0.361 e. The molecule has 0 aliphatic carbocycles. The Labute approximate surface area is 201 Å². The molecular weight excluding hydrogens is 458 g/mol. The summed E-state index contributed by atoms with van der Waals surface area (Å²) < 4.78 is 31.8. The lowest BCUT2D eigenvalue weighted by molar-refractivity contribution is -0.385. The van der Waals surface area contributed by atoms with Gasteiger partial charge in [-0.1, -0.05) is 26.3 Å².